The van der Waals surface area contributed by atoms with Gasteiger partial charge in [-0.3, -0.25) is 4.90 Å². The monoisotopic (exact) mass is 223 g/mol. The van der Waals surface area contributed by atoms with Crippen molar-refractivity contribution in [3.8, 4) is 0 Å². The summed E-state index contributed by atoms with van der Waals surface area (Å²) in [5.74, 6) is -1.82. The van der Waals surface area contributed by atoms with E-state index in [2.05, 4.69) is 4.90 Å². The van der Waals surface area contributed by atoms with E-state index in [1.54, 1.807) is 12.1 Å². The maximum Gasteiger partial charge on any atom is 0.338 e. The molecule has 86 valence electrons. The Morgan fingerprint density at radius 3 is 2.81 bits per heavy atom. The number of hydrogen-bond acceptors (Lipinski definition) is 2. The van der Waals surface area contributed by atoms with Crippen LogP contribution in [-0.4, -0.2) is 29.1 Å². The Morgan fingerprint density at radius 1 is 1.56 bits per heavy atom. The maximum absolute atomic E-state index is 13.8. The van der Waals surface area contributed by atoms with Crippen LogP contribution in [-0.2, 0) is 6.54 Å². The van der Waals surface area contributed by atoms with Crippen LogP contribution in [0.4, 0.5) is 4.39 Å². The third kappa shape index (κ3) is 2.22. The highest BCUT2D eigenvalue weighted by atomic mass is 19.1. The van der Waals surface area contributed by atoms with Gasteiger partial charge in [-0.25, -0.2) is 9.18 Å². The predicted molar refractivity (Wildman–Crippen MR) is 57.8 cm³/mol. The van der Waals surface area contributed by atoms with E-state index < -0.39 is 11.8 Å². The van der Waals surface area contributed by atoms with E-state index in [4.69, 9.17) is 5.11 Å². The summed E-state index contributed by atoms with van der Waals surface area (Å²) in [6.07, 6.45) is 2.30. The lowest BCUT2D eigenvalue weighted by Gasteiger charge is -2.16. The number of halogens is 1. The highest BCUT2D eigenvalue weighted by Crippen LogP contribution is 2.27. The van der Waals surface area contributed by atoms with Gasteiger partial charge in [0.1, 0.15) is 5.82 Å². The molecule has 1 fully saturated rings. The van der Waals surface area contributed by atoms with Gasteiger partial charge in [-0.05, 0) is 26.0 Å². The van der Waals surface area contributed by atoms with Crippen molar-refractivity contribution in [3.05, 3.63) is 35.1 Å². The molecule has 0 unspecified atom stereocenters. The fraction of sp³-hybridized carbons (Fsp3) is 0.417. The second-order valence-corrected chi connectivity index (χ2v) is 4.23. The molecule has 1 aromatic rings. The molecule has 0 bridgehead atoms. The molecule has 16 heavy (non-hydrogen) atoms. The minimum absolute atomic E-state index is 0.248. The van der Waals surface area contributed by atoms with Crippen molar-refractivity contribution < 1.29 is 14.3 Å². The number of benzene rings is 1. The highest BCUT2D eigenvalue weighted by molar-refractivity contribution is 5.88. The van der Waals surface area contributed by atoms with Crippen molar-refractivity contribution in [2.24, 2.45) is 0 Å². The summed E-state index contributed by atoms with van der Waals surface area (Å²) in [5.41, 5.74) is 0.205. The number of carboxylic acids is 1. The Morgan fingerprint density at radius 2 is 2.25 bits per heavy atom. The van der Waals surface area contributed by atoms with Crippen LogP contribution in [0.2, 0.25) is 0 Å². The van der Waals surface area contributed by atoms with Gasteiger partial charge >= 0.3 is 5.97 Å². The minimum atomic E-state index is -1.21. The summed E-state index contributed by atoms with van der Waals surface area (Å²) < 4.78 is 13.8. The molecule has 0 saturated heterocycles. The maximum atomic E-state index is 13.8. The van der Waals surface area contributed by atoms with Crippen LogP contribution in [0.1, 0.15) is 28.8 Å². The number of nitrogens with zero attached hydrogens (tertiary/aromatic N) is 1. The smallest absolute Gasteiger partial charge is 0.338 e. The summed E-state index contributed by atoms with van der Waals surface area (Å²) >= 11 is 0. The average molecular weight is 223 g/mol. The van der Waals surface area contributed by atoms with Gasteiger partial charge in [-0.2, -0.15) is 0 Å². The van der Waals surface area contributed by atoms with Gasteiger partial charge in [-0.1, -0.05) is 12.1 Å². The molecule has 4 heteroatoms. The summed E-state index contributed by atoms with van der Waals surface area (Å²) in [6.45, 7) is 0.470. The van der Waals surface area contributed by atoms with Gasteiger partial charge in [0, 0.05) is 18.2 Å². The molecule has 0 spiro atoms. The van der Waals surface area contributed by atoms with Crippen LogP contribution in [0.25, 0.3) is 0 Å². The highest BCUT2D eigenvalue weighted by Gasteiger charge is 2.27. The Kier molecular flexibility index (Phi) is 2.92. The van der Waals surface area contributed by atoms with Crippen LogP contribution < -0.4 is 0 Å². The number of rotatable bonds is 4. The van der Waals surface area contributed by atoms with Crippen LogP contribution in [0.5, 0.6) is 0 Å². The normalized spacial score (nSPS) is 15.4. The Labute approximate surface area is 93.5 Å². The predicted octanol–water partition coefficient (Wildman–Crippen LogP) is 2.12. The quantitative estimate of drug-likeness (QED) is 0.850. The number of carbonyl (C=O) groups is 1. The molecule has 0 heterocycles. The van der Waals surface area contributed by atoms with E-state index in [-0.39, 0.29) is 5.56 Å². The lowest BCUT2D eigenvalue weighted by molar-refractivity contribution is 0.0691. The first-order valence-corrected chi connectivity index (χ1v) is 5.30. The summed E-state index contributed by atoms with van der Waals surface area (Å²) in [4.78, 5) is 12.8. The van der Waals surface area contributed by atoms with Crippen molar-refractivity contribution in [1.82, 2.24) is 4.90 Å². The molecule has 1 aliphatic rings. The van der Waals surface area contributed by atoms with E-state index in [1.807, 2.05) is 7.05 Å². The Bertz CT molecular complexity index is 415. The third-order valence-corrected chi connectivity index (χ3v) is 2.90. The second-order valence-electron chi connectivity index (χ2n) is 4.23. The van der Waals surface area contributed by atoms with Gasteiger partial charge in [-0.15, -0.1) is 0 Å². The molecule has 1 aromatic carbocycles. The van der Waals surface area contributed by atoms with Crippen molar-refractivity contribution >= 4 is 5.97 Å². The number of aromatic carboxylic acids is 1. The Balaban J connectivity index is 2.19. The summed E-state index contributed by atoms with van der Waals surface area (Å²) in [5, 5.41) is 8.79. The molecule has 1 N–H and O–H groups in total. The van der Waals surface area contributed by atoms with Crippen molar-refractivity contribution in [3.63, 3.8) is 0 Å². The van der Waals surface area contributed by atoms with Crippen molar-refractivity contribution in [1.29, 1.82) is 0 Å². The zero-order valence-electron chi connectivity index (χ0n) is 9.11. The summed E-state index contributed by atoms with van der Waals surface area (Å²) in [7, 11) is 1.94. The molecule has 1 aliphatic carbocycles. The van der Waals surface area contributed by atoms with E-state index in [1.165, 1.54) is 6.07 Å². The molecular formula is C12H14FNO2. The molecule has 2 rings (SSSR count). The van der Waals surface area contributed by atoms with Crippen LogP contribution in [0, 0.1) is 5.82 Å². The molecule has 3 nitrogen and oxygen atoms in total. The molecule has 0 atom stereocenters. The zero-order chi connectivity index (χ0) is 11.7. The molecule has 0 radical (unpaired) electrons. The number of hydrogen-bond donors (Lipinski definition) is 1. The lowest BCUT2D eigenvalue weighted by Crippen LogP contribution is -2.21. The van der Waals surface area contributed by atoms with E-state index in [9.17, 15) is 9.18 Å². The topological polar surface area (TPSA) is 40.5 Å². The third-order valence-electron chi connectivity index (χ3n) is 2.90. The minimum Gasteiger partial charge on any atom is -0.478 e. The fourth-order valence-corrected chi connectivity index (χ4v) is 1.78. The first kappa shape index (κ1) is 11.1. The van der Waals surface area contributed by atoms with Gasteiger partial charge in [0.05, 0.1) is 5.56 Å². The Hall–Kier alpha value is -1.42. The summed E-state index contributed by atoms with van der Waals surface area (Å²) in [6, 6.07) is 5.05. The lowest BCUT2D eigenvalue weighted by atomic mass is 10.1. The molecule has 0 aromatic heterocycles. The van der Waals surface area contributed by atoms with E-state index >= 15 is 0 Å². The van der Waals surface area contributed by atoms with Crippen LogP contribution >= 0.6 is 0 Å². The second kappa shape index (κ2) is 4.22. The molecule has 0 amide bonds. The van der Waals surface area contributed by atoms with Crippen molar-refractivity contribution in [2.45, 2.75) is 25.4 Å². The van der Waals surface area contributed by atoms with Gasteiger partial charge in [0.15, 0.2) is 0 Å². The van der Waals surface area contributed by atoms with E-state index in [0.29, 0.717) is 18.2 Å². The van der Waals surface area contributed by atoms with Crippen LogP contribution in [0.15, 0.2) is 18.2 Å². The first-order valence-electron chi connectivity index (χ1n) is 5.30. The van der Waals surface area contributed by atoms with Gasteiger partial charge in [0.2, 0.25) is 0 Å². The van der Waals surface area contributed by atoms with Crippen molar-refractivity contribution in [2.75, 3.05) is 7.05 Å². The molecule has 0 aliphatic heterocycles. The molecular weight excluding hydrogens is 209 g/mol. The van der Waals surface area contributed by atoms with Gasteiger partial charge in [0.25, 0.3) is 0 Å². The average Bonchev–Trinajstić information content (AvgIpc) is 3.03. The largest absolute Gasteiger partial charge is 0.478 e. The van der Waals surface area contributed by atoms with Crippen LogP contribution in [0.3, 0.4) is 0 Å². The standard InChI is InChI=1S/C12H14FNO2/c1-14(9-5-6-9)7-8-3-2-4-10(11(8)13)12(15)16/h2-4,9H,5-7H2,1H3,(H,15,16). The SMILES string of the molecule is CN(Cc1cccc(C(=O)O)c1F)C1CC1. The molecule has 1 saturated carbocycles. The van der Waals surface area contributed by atoms with E-state index in [0.717, 1.165) is 12.8 Å². The number of carboxylic acid groups (broad SMARTS) is 1. The van der Waals surface area contributed by atoms with Gasteiger partial charge < -0.3 is 5.11 Å². The first-order chi connectivity index (χ1) is 7.59. The zero-order valence-corrected chi connectivity index (χ0v) is 9.11. The fourth-order valence-electron chi connectivity index (χ4n) is 1.78.